The SMILES string of the molecule is Cc1ccc(Cc2nnc(NC(=O)C3CCCCN3)s2)cc1.Cl. The first-order valence-corrected chi connectivity index (χ1v) is 8.44. The third-order valence-electron chi connectivity index (χ3n) is 3.80. The summed E-state index contributed by atoms with van der Waals surface area (Å²) in [5.74, 6) is -0.00210. The Morgan fingerprint density at radius 2 is 2.09 bits per heavy atom. The Bertz CT molecular complexity index is 638. The van der Waals surface area contributed by atoms with Crippen molar-refractivity contribution in [3.63, 3.8) is 0 Å². The van der Waals surface area contributed by atoms with Crippen LogP contribution in [0.15, 0.2) is 24.3 Å². The zero-order chi connectivity index (χ0) is 15.4. The minimum Gasteiger partial charge on any atom is -0.306 e. The highest BCUT2D eigenvalue weighted by atomic mass is 35.5. The topological polar surface area (TPSA) is 66.9 Å². The number of amides is 1. The molecule has 0 spiro atoms. The smallest absolute Gasteiger partial charge is 0.243 e. The number of carbonyl (C=O) groups is 1. The summed E-state index contributed by atoms with van der Waals surface area (Å²) in [5.41, 5.74) is 2.45. The van der Waals surface area contributed by atoms with Crippen molar-refractivity contribution in [2.45, 2.75) is 38.6 Å². The van der Waals surface area contributed by atoms with E-state index < -0.39 is 0 Å². The van der Waals surface area contributed by atoms with Crippen LogP contribution in [0.1, 0.15) is 35.4 Å². The molecule has 5 nitrogen and oxygen atoms in total. The normalized spacial score (nSPS) is 17.3. The Labute approximate surface area is 146 Å². The van der Waals surface area contributed by atoms with E-state index in [-0.39, 0.29) is 24.4 Å². The summed E-state index contributed by atoms with van der Waals surface area (Å²) < 4.78 is 0. The molecule has 0 saturated carbocycles. The predicted molar refractivity (Wildman–Crippen MR) is 95.4 cm³/mol. The molecule has 0 radical (unpaired) electrons. The molecule has 1 aromatic carbocycles. The van der Waals surface area contributed by atoms with Crippen molar-refractivity contribution in [2.75, 3.05) is 11.9 Å². The van der Waals surface area contributed by atoms with Crippen molar-refractivity contribution in [3.8, 4) is 0 Å². The van der Waals surface area contributed by atoms with Gasteiger partial charge in [-0.05, 0) is 31.9 Å². The van der Waals surface area contributed by atoms with Crippen LogP contribution in [0.4, 0.5) is 5.13 Å². The van der Waals surface area contributed by atoms with E-state index in [1.165, 1.54) is 22.5 Å². The van der Waals surface area contributed by atoms with Crippen molar-refractivity contribution < 1.29 is 4.79 Å². The Morgan fingerprint density at radius 1 is 1.30 bits per heavy atom. The van der Waals surface area contributed by atoms with Gasteiger partial charge < -0.3 is 5.32 Å². The summed E-state index contributed by atoms with van der Waals surface area (Å²) in [4.78, 5) is 12.1. The van der Waals surface area contributed by atoms with Gasteiger partial charge in [0, 0.05) is 6.42 Å². The minimum atomic E-state index is -0.0989. The second-order valence-electron chi connectivity index (χ2n) is 5.66. The monoisotopic (exact) mass is 352 g/mol. The van der Waals surface area contributed by atoms with Crippen molar-refractivity contribution in [3.05, 3.63) is 40.4 Å². The van der Waals surface area contributed by atoms with Crippen LogP contribution in [0.2, 0.25) is 0 Å². The lowest BCUT2D eigenvalue weighted by atomic mass is 10.0. The first-order valence-electron chi connectivity index (χ1n) is 7.63. The number of anilines is 1. The molecule has 1 saturated heterocycles. The fourth-order valence-corrected chi connectivity index (χ4v) is 3.30. The van der Waals surface area contributed by atoms with Crippen LogP contribution < -0.4 is 10.6 Å². The number of rotatable bonds is 4. The van der Waals surface area contributed by atoms with Gasteiger partial charge in [0.25, 0.3) is 0 Å². The lowest BCUT2D eigenvalue weighted by Crippen LogP contribution is -2.43. The van der Waals surface area contributed by atoms with Crippen molar-refractivity contribution in [1.29, 1.82) is 0 Å². The van der Waals surface area contributed by atoms with Crippen LogP contribution in [-0.2, 0) is 11.2 Å². The maximum Gasteiger partial charge on any atom is 0.243 e. The van der Waals surface area contributed by atoms with Gasteiger partial charge in [-0.2, -0.15) is 0 Å². The number of aryl methyl sites for hydroxylation is 1. The molecule has 0 aliphatic carbocycles. The van der Waals surface area contributed by atoms with Gasteiger partial charge in [-0.15, -0.1) is 22.6 Å². The molecule has 1 aliphatic heterocycles. The van der Waals surface area contributed by atoms with Gasteiger partial charge in [-0.1, -0.05) is 47.6 Å². The van der Waals surface area contributed by atoms with E-state index in [0.717, 1.165) is 37.2 Å². The fraction of sp³-hybridized carbons (Fsp3) is 0.438. The number of nitrogens with one attached hydrogen (secondary N) is 2. The second kappa shape index (κ2) is 8.38. The van der Waals surface area contributed by atoms with E-state index in [9.17, 15) is 4.79 Å². The van der Waals surface area contributed by atoms with E-state index in [1.807, 2.05) is 0 Å². The van der Waals surface area contributed by atoms with Gasteiger partial charge in [0.15, 0.2) is 0 Å². The highest BCUT2D eigenvalue weighted by molar-refractivity contribution is 7.15. The van der Waals surface area contributed by atoms with E-state index in [2.05, 4.69) is 52.0 Å². The van der Waals surface area contributed by atoms with Crippen LogP contribution in [0.3, 0.4) is 0 Å². The van der Waals surface area contributed by atoms with Gasteiger partial charge in [0.1, 0.15) is 5.01 Å². The number of piperidine rings is 1. The van der Waals surface area contributed by atoms with Gasteiger partial charge in [-0.3, -0.25) is 10.1 Å². The Morgan fingerprint density at radius 3 is 2.78 bits per heavy atom. The minimum absolute atomic E-state index is 0. The summed E-state index contributed by atoms with van der Waals surface area (Å²) in [5, 5.41) is 15.8. The molecule has 1 amide bonds. The van der Waals surface area contributed by atoms with Gasteiger partial charge in [0.2, 0.25) is 11.0 Å². The standard InChI is InChI=1S/C16H20N4OS.ClH/c1-11-5-7-12(8-6-11)10-14-19-20-16(22-14)18-15(21)13-4-2-3-9-17-13;/h5-8,13,17H,2-4,9-10H2,1H3,(H,18,20,21);1H. The maximum absolute atomic E-state index is 12.1. The lowest BCUT2D eigenvalue weighted by molar-refractivity contribution is -0.118. The molecule has 1 unspecified atom stereocenters. The molecule has 2 heterocycles. The molecule has 7 heteroatoms. The molecular weight excluding hydrogens is 332 g/mol. The molecule has 0 bridgehead atoms. The average molecular weight is 353 g/mol. The van der Waals surface area contributed by atoms with Gasteiger partial charge in [0.05, 0.1) is 6.04 Å². The molecule has 1 atom stereocenters. The number of halogens is 1. The number of hydrogen-bond donors (Lipinski definition) is 2. The van der Waals surface area contributed by atoms with Crippen LogP contribution in [0, 0.1) is 6.92 Å². The highest BCUT2D eigenvalue weighted by Gasteiger charge is 2.21. The summed E-state index contributed by atoms with van der Waals surface area (Å²) in [6, 6.07) is 8.28. The summed E-state index contributed by atoms with van der Waals surface area (Å²) in [7, 11) is 0. The van der Waals surface area contributed by atoms with E-state index >= 15 is 0 Å². The number of nitrogens with zero attached hydrogens (tertiary/aromatic N) is 2. The predicted octanol–water partition coefficient (Wildman–Crippen LogP) is 2.94. The Hall–Kier alpha value is -1.50. The molecule has 2 N–H and O–H groups in total. The number of aromatic nitrogens is 2. The number of benzene rings is 1. The van der Waals surface area contributed by atoms with E-state index in [1.54, 1.807) is 0 Å². The largest absolute Gasteiger partial charge is 0.306 e. The molecule has 124 valence electrons. The third-order valence-corrected chi connectivity index (χ3v) is 4.64. The quantitative estimate of drug-likeness (QED) is 0.887. The van der Waals surface area contributed by atoms with Crippen LogP contribution in [0.25, 0.3) is 0 Å². The molecule has 1 aliphatic rings. The summed E-state index contributed by atoms with van der Waals surface area (Å²) >= 11 is 1.44. The van der Waals surface area contributed by atoms with Crippen LogP contribution in [-0.4, -0.2) is 28.7 Å². The summed E-state index contributed by atoms with van der Waals surface area (Å²) in [6.45, 7) is 2.98. The molecule has 23 heavy (non-hydrogen) atoms. The molecule has 1 fully saturated rings. The van der Waals surface area contributed by atoms with Crippen molar-refractivity contribution in [2.24, 2.45) is 0 Å². The zero-order valence-electron chi connectivity index (χ0n) is 13.0. The first kappa shape index (κ1) is 17.8. The number of carbonyl (C=O) groups excluding carboxylic acids is 1. The summed E-state index contributed by atoms with van der Waals surface area (Å²) in [6.07, 6.45) is 3.87. The van der Waals surface area contributed by atoms with Crippen molar-refractivity contribution in [1.82, 2.24) is 15.5 Å². The Balaban J connectivity index is 0.00000192. The molecule has 2 aromatic rings. The lowest BCUT2D eigenvalue weighted by Gasteiger charge is -2.21. The highest BCUT2D eigenvalue weighted by Crippen LogP contribution is 2.19. The van der Waals surface area contributed by atoms with Crippen LogP contribution in [0.5, 0.6) is 0 Å². The molecular formula is C16H21ClN4OS. The average Bonchev–Trinajstić information content (AvgIpc) is 2.97. The number of hydrogen-bond acceptors (Lipinski definition) is 5. The second-order valence-corrected chi connectivity index (χ2v) is 6.72. The third kappa shape index (κ3) is 4.99. The Kier molecular flexibility index (Phi) is 6.50. The first-order chi connectivity index (χ1) is 10.7. The van der Waals surface area contributed by atoms with Gasteiger partial charge in [-0.25, -0.2) is 0 Å². The van der Waals surface area contributed by atoms with Crippen molar-refractivity contribution >= 4 is 34.8 Å². The maximum atomic E-state index is 12.1. The van der Waals surface area contributed by atoms with E-state index in [0.29, 0.717) is 5.13 Å². The fourth-order valence-electron chi connectivity index (χ4n) is 2.52. The van der Waals surface area contributed by atoms with E-state index in [4.69, 9.17) is 0 Å². The molecule has 1 aromatic heterocycles. The van der Waals surface area contributed by atoms with Gasteiger partial charge >= 0.3 is 0 Å². The van der Waals surface area contributed by atoms with Crippen LogP contribution >= 0.6 is 23.7 Å². The molecule has 3 rings (SSSR count). The zero-order valence-corrected chi connectivity index (χ0v) is 14.7.